The number of rotatable bonds is 6. The van der Waals surface area contributed by atoms with Crippen molar-refractivity contribution in [3.8, 4) is 5.75 Å². The summed E-state index contributed by atoms with van der Waals surface area (Å²) in [4.78, 5) is 43.0. The van der Waals surface area contributed by atoms with Crippen LogP contribution in [0.3, 0.4) is 0 Å². The standard InChI is InChI=1S/C25H25N5O4/c1-34-17-8-6-16(7-9-17)10-11-26-23(31)13-27-30-15-24(32)29-14-21-19(12-22(29)25(30)33)18-4-2-3-5-20(18)28-21/h2-9,13,22,28H,10-12,14-15H2,1H3,(H,26,31)/t22-/m0/s1. The molecule has 174 valence electrons. The zero-order valence-electron chi connectivity index (χ0n) is 18.8. The van der Waals surface area contributed by atoms with Crippen molar-refractivity contribution in [2.24, 2.45) is 5.10 Å². The molecule has 0 spiro atoms. The number of nitrogens with one attached hydrogen (secondary N) is 2. The number of hydrazone groups is 1. The lowest BCUT2D eigenvalue weighted by molar-refractivity contribution is -0.157. The molecule has 2 aliphatic heterocycles. The van der Waals surface area contributed by atoms with Crippen LogP contribution in [0.1, 0.15) is 16.8 Å². The maximum absolute atomic E-state index is 13.1. The van der Waals surface area contributed by atoms with Gasteiger partial charge in [-0.1, -0.05) is 30.3 Å². The minimum Gasteiger partial charge on any atom is -0.497 e. The van der Waals surface area contributed by atoms with Gasteiger partial charge in [-0.2, -0.15) is 5.10 Å². The number of H-pyrrole nitrogens is 1. The Hall–Kier alpha value is -4.14. The average Bonchev–Trinajstić information content (AvgIpc) is 3.22. The van der Waals surface area contributed by atoms with Gasteiger partial charge in [0.1, 0.15) is 24.6 Å². The van der Waals surface area contributed by atoms with E-state index in [0.29, 0.717) is 25.9 Å². The number of piperazine rings is 1. The van der Waals surface area contributed by atoms with Crippen molar-refractivity contribution in [2.75, 3.05) is 20.2 Å². The highest BCUT2D eigenvalue weighted by Crippen LogP contribution is 2.32. The normalized spacial score (nSPS) is 17.7. The largest absolute Gasteiger partial charge is 0.497 e. The van der Waals surface area contributed by atoms with Crippen molar-refractivity contribution in [3.05, 3.63) is 65.4 Å². The van der Waals surface area contributed by atoms with Crippen molar-refractivity contribution in [1.82, 2.24) is 20.2 Å². The van der Waals surface area contributed by atoms with Gasteiger partial charge in [-0.3, -0.25) is 14.4 Å². The summed E-state index contributed by atoms with van der Waals surface area (Å²) in [6.07, 6.45) is 2.13. The summed E-state index contributed by atoms with van der Waals surface area (Å²) in [6, 6.07) is 14.9. The number of aromatic nitrogens is 1. The van der Waals surface area contributed by atoms with E-state index in [-0.39, 0.29) is 18.4 Å². The zero-order chi connectivity index (χ0) is 23.7. The first-order chi connectivity index (χ1) is 16.5. The molecular formula is C25H25N5O4. The van der Waals surface area contributed by atoms with E-state index in [1.807, 2.05) is 48.5 Å². The molecular weight excluding hydrogens is 434 g/mol. The smallest absolute Gasteiger partial charge is 0.266 e. The Bertz CT molecular complexity index is 1280. The van der Waals surface area contributed by atoms with Gasteiger partial charge in [-0.15, -0.1) is 0 Å². The highest BCUT2D eigenvalue weighted by Gasteiger charge is 2.43. The van der Waals surface area contributed by atoms with E-state index in [4.69, 9.17) is 4.74 Å². The summed E-state index contributed by atoms with van der Waals surface area (Å²) >= 11 is 0. The van der Waals surface area contributed by atoms with E-state index in [0.717, 1.165) is 44.7 Å². The minimum absolute atomic E-state index is 0.180. The lowest BCUT2D eigenvalue weighted by Gasteiger charge is -2.40. The number of hydrogen-bond donors (Lipinski definition) is 2. The summed E-state index contributed by atoms with van der Waals surface area (Å²) in [6.45, 7) is 0.604. The molecule has 0 bridgehead atoms. The fraction of sp³-hybridized carbons (Fsp3) is 0.280. The predicted molar refractivity (Wildman–Crippen MR) is 126 cm³/mol. The molecule has 2 aromatic carbocycles. The highest BCUT2D eigenvalue weighted by atomic mass is 16.5. The van der Waals surface area contributed by atoms with Crippen LogP contribution in [0, 0.1) is 0 Å². The molecule has 3 aromatic rings. The number of aromatic amines is 1. The van der Waals surface area contributed by atoms with E-state index in [1.165, 1.54) is 0 Å². The number of hydrogen-bond acceptors (Lipinski definition) is 5. The topological polar surface area (TPSA) is 107 Å². The SMILES string of the molecule is COc1ccc(CCNC(=O)C=NN2CC(=O)N3Cc4[nH]c5ccccc5c4C[C@H]3C2=O)cc1. The fourth-order valence-electron chi connectivity index (χ4n) is 4.55. The number of carbonyl (C=O) groups is 3. The third-order valence-corrected chi connectivity index (χ3v) is 6.34. The van der Waals surface area contributed by atoms with Gasteiger partial charge in [-0.05, 0) is 35.7 Å². The Kier molecular flexibility index (Phi) is 5.75. The first-order valence-corrected chi connectivity index (χ1v) is 11.2. The lowest BCUT2D eigenvalue weighted by Crippen LogP contribution is -2.60. The average molecular weight is 460 g/mol. The second kappa shape index (κ2) is 9.01. The molecule has 0 unspecified atom stereocenters. The van der Waals surface area contributed by atoms with Crippen molar-refractivity contribution in [2.45, 2.75) is 25.4 Å². The summed E-state index contributed by atoms with van der Waals surface area (Å²) < 4.78 is 5.14. The van der Waals surface area contributed by atoms with Crippen LogP contribution in [0.4, 0.5) is 0 Å². The van der Waals surface area contributed by atoms with Crippen molar-refractivity contribution in [3.63, 3.8) is 0 Å². The molecule has 3 heterocycles. The van der Waals surface area contributed by atoms with Crippen LogP contribution >= 0.6 is 0 Å². The number of nitrogens with zero attached hydrogens (tertiary/aromatic N) is 3. The summed E-state index contributed by atoms with van der Waals surface area (Å²) in [7, 11) is 1.61. The number of para-hydroxylation sites is 1. The molecule has 5 rings (SSSR count). The molecule has 0 radical (unpaired) electrons. The Labute approximate surface area is 196 Å². The molecule has 1 saturated heterocycles. The van der Waals surface area contributed by atoms with Crippen LogP contribution in [0.5, 0.6) is 5.75 Å². The molecule has 0 aliphatic carbocycles. The van der Waals surface area contributed by atoms with E-state index >= 15 is 0 Å². The van der Waals surface area contributed by atoms with Crippen molar-refractivity contribution < 1.29 is 19.1 Å². The van der Waals surface area contributed by atoms with Crippen LogP contribution < -0.4 is 10.1 Å². The summed E-state index contributed by atoms with van der Waals surface area (Å²) in [5.74, 6) is -0.111. The molecule has 34 heavy (non-hydrogen) atoms. The van der Waals surface area contributed by atoms with Gasteiger partial charge in [0.25, 0.3) is 11.8 Å². The van der Waals surface area contributed by atoms with Gasteiger partial charge in [0, 0.05) is 29.6 Å². The highest BCUT2D eigenvalue weighted by molar-refractivity contribution is 6.26. The van der Waals surface area contributed by atoms with E-state index < -0.39 is 11.9 Å². The van der Waals surface area contributed by atoms with Gasteiger partial charge in [0.15, 0.2) is 0 Å². The van der Waals surface area contributed by atoms with Crippen LogP contribution in [-0.4, -0.2) is 65.1 Å². The minimum atomic E-state index is -0.622. The predicted octanol–water partition coefficient (Wildman–Crippen LogP) is 1.62. The van der Waals surface area contributed by atoms with Gasteiger partial charge in [-0.25, -0.2) is 5.01 Å². The number of fused-ring (bicyclic) bond motifs is 4. The monoisotopic (exact) mass is 459 g/mol. The number of methoxy groups -OCH3 is 1. The zero-order valence-corrected chi connectivity index (χ0v) is 18.8. The van der Waals surface area contributed by atoms with Crippen LogP contribution in [-0.2, 0) is 33.8 Å². The van der Waals surface area contributed by atoms with Gasteiger partial charge in [0.05, 0.1) is 13.7 Å². The maximum Gasteiger partial charge on any atom is 0.266 e. The fourth-order valence-corrected chi connectivity index (χ4v) is 4.55. The second-order valence-electron chi connectivity index (χ2n) is 8.40. The summed E-state index contributed by atoms with van der Waals surface area (Å²) in [5, 5.41) is 8.96. The van der Waals surface area contributed by atoms with Crippen molar-refractivity contribution >= 4 is 34.8 Å². The Morgan fingerprint density at radius 1 is 1.18 bits per heavy atom. The Morgan fingerprint density at radius 2 is 1.97 bits per heavy atom. The lowest BCUT2D eigenvalue weighted by atomic mass is 9.94. The number of amides is 3. The van der Waals surface area contributed by atoms with E-state index in [2.05, 4.69) is 15.4 Å². The van der Waals surface area contributed by atoms with Crippen molar-refractivity contribution in [1.29, 1.82) is 0 Å². The third kappa shape index (κ3) is 4.12. The van der Waals surface area contributed by atoms with E-state index in [1.54, 1.807) is 12.0 Å². The van der Waals surface area contributed by atoms with E-state index in [9.17, 15) is 14.4 Å². The second-order valence-corrected chi connectivity index (χ2v) is 8.40. The molecule has 1 atom stereocenters. The van der Waals surface area contributed by atoms with Gasteiger partial charge in [0.2, 0.25) is 5.91 Å². The van der Waals surface area contributed by atoms with Gasteiger partial charge >= 0.3 is 0 Å². The van der Waals surface area contributed by atoms with Gasteiger partial charge < -0.3 is 19.9 Å². The molecule has 1 fully saturated rings. The van der Waals surface area contributed by atoms with Crippen LogP contribution in [0.25, 0.3) is 10.9 Å². The number of ether oxygens (including phenoxy) is 1. The molecule has 0 saturated carbocycles. The molecule has 3 amide bonds. The molecule has 9 heteroatoms. The molecule has 2 aliphatic rings. The Balaban J connectivity index is 1.21. The third-order valence-electron chi connectivity index (χ3n) is 6.34. The number of carbonyl (C=O) groups excluding carboxylic acids is 3. The quantitative estimate of drug-likeness (QED) is 0.546. The maximum atomic E-state index is 13.1. The number of benzene rings is 2. The Morgan fingerprint density at radius 3 is 2.76 bits per heavy atom. The summed E-state index contributed by atoms with van der Waals surface area (Å²) in [5.41, 5.74) is 4.07. The molecule has 2 N–H and O–H groups in total. The first-order valence-electron chi connectivity index (χ1n) is 11.2. The van der Waals surface area contributed by atoms with Crippen LogP contribution in [0.2, 0.25) is 0 Å². The molecule has 9 nitrogen and oxygen atoms in total. The first kappa shape index (κ1) is 21.7. The van der Waals surface area contributed by atoms with Crippen LogP contribution in [0.15, 0.2) is 53.6 Å². The molecule has 1 aromatic heterocycles.